The highest BCUT2D eigenvalue weighted by molar-refractivity contribution is 5.95. The van der Waals surface area contributed by atoms with Crippen LogP contribution in [-0.4, -0.2) is 110 Å². The number of hydrogen-bond donors (Lipinski definition) is 3. The SMILES string of the molecule is CCN1C[C@]2(COC(=O)c3ccccc3N)CC[C@H](OC)[C@]34C1[C@@](O)([C@@H](OC)[C@H]23)[C@@]1(O)C[C@H](OC)[C@H]2C[C@@H]4[C@@H]1[C@H]2OC(C)=O. The lowest BCUT2D eigenvalue weighted by atomic mass is 9.42. The normalized spacial score (nSPS) is 48.2. The Morgan fingerprint density at radius 1 is 1.11 bits per heavy atom. The molecule has 13 atom stereocenters. The zero-order chi connectivity index (χ0) is 31.4. The number of carbonyl (C=O) groups is 2. The van der Waals surface area contributed by atoms with E-state index in [9.17, 15) is 19.8 Å². The van der Waals surface area contributed by atoms with Gasteiger partial charge >= 0.3 is 11.9 Å². The molecular weight excluding hydrogens is 568 g/mol. The fourth-order valence-electron chi connectivity index (χ4n) is 12.0. The monoisotopic (exact) mass is 614 g/mol. The topological polar surface area (TPSA) is 150 Å². The Balaban J connectivity index is 1.41. The number of fused-ring (bicyclic) bond motifs is 2. The number of carbonyl (C=O) groups excluding carboxylic acids is 2. The minimum absolute atomic E-state index is 0.107. The molecular formula is C33H46N2O9. The predicted octanol–water partition coefficient (Wildman–Crippen LogP) is 1.63. The van der Waals surface area contributed by atoms with E-state index in [0.29, 0.717) is 43.6 Å². The van der Waals surface area contributed by atoms with Gasteiger partial charge in [0.2, 0.25) is 0 Å². The lowest BCUT2D eigenvalue weighted by Gasteiger charge is -2.70. The second-order valence-electron chi connectivity index (χ2n) is 14.2. The second kappa shape index (κ2) is 10.1. The number of hydrogen-bond acceptors (Lipinski definition) is 11. The van der Waals surface area contributed by atoms with Crippen LogP contribution < -0.4 is 5.73 Å². The molecule has 7 rings (SSSR count). The van der Waals surface area contributed by atoms with Gasteiger partial charge in [0.05, 0.1) is 36.5 Å². The summed E-state index contributed by atoms with van der Waals surface area (Å²) in [5.41, 5.74) is 2.10. The van der Waals surface area contributed by atoms with Crippen LogP contribution in [0, 0.1) is 34.5 Å². The third-order valence-corrected chi connectivity index (χ3v) is 13.0. The molecule has 1 heterocycles. The Kier molecular flexibility index (Phi) is 6.98. The van der Waals surface area contributed by atoms with Gasteiger partial charge in [-0.15, -0.1) is 0 Å². The number of esters is 2. The van der Waals surface area contributed by atoms with E-state index in [1.165, 1.54) is 6.92 Å². The number of likely N-dealkylation sites (tertiary alicyclic amines) is 1. The van der Waals surface area contributed by atoms with E-state index in [1.807, 2.05) is 0 Å². The first-order valence-corrected chi connectivity index (χ1v) is 16.0. The number of rotatable bonds is 8. The van der Waals surface area contributed by atoms with E-state index in [2.05, 4.69) is 11.8 Å². The Morgan fingerprint density at radius 3 is 2.50 bits per heavy atom. The summed E-state index contributed by atoms with van der Waals surface area (Å²) in [6.07, 6.45) is 0.126. The molecule has 1 unspecified atom stereocenters. The molecule has 0 aromatic heterocycles. The first kappa shape index (κ1) is 30.4. The highest BCUT2D eigenvalue weighted by atomic mass is 16.6. The van der Waals surface area contributed by atoms with Crippen LogP contribution in [0.5, 0.6) is 0 Å². The number of aliphatic hydroxyl groups is 2. The molecule has 7 bridgehead atoms. The van der Waals surface area contributed by atoms with Gasteiger partial charge in [0.15, 0.2) is 0 Å². The van der Waals surface area contributed by atoms with Gasteiger partial charge < -0.3 is 39.6 Å². The van der Waals surface area contributed by atoms with E-state index < -0.39 is 64.2 Å². The van der Waals surface area contributed by atoms with Crippen LogP contribution >= 0.6 is 0 Å². The van der Waals surface area contributed by atoms with Gasteiger partial charge in [0.1, 0.15) is 17.3 Å². The Labute approximate surface area is 258 Å². The molecule has 1 aromatic rings. The number of nitrogens with zero attached hydrogens (tertiary/aromatic N) is 1. The number of nitrogen functional groups attached to an aromatic ring is 1. The van der Waals surface area contributed by atoms with Crippen LogP contribution in [0.4, 0.5) is 5.69 Å². The smallest absolute Gasteiger partial charge is 0.340 e. The van der Waals surface area contributed by atoms with Crippen LogP contribution in [0.3, 0.4) is 0 Å². The summed E-state index contributed by atoms with van der Waals surface area (Å²) in [6.45, 7) is 4.73. The van der Waals surface area contributed by atoms with Crippen molar-refractivity contribution in [2.24, 2.45) is 34.5 Å². The largest absolute Gasteiger partial charge is 0.462 e. The van der Waals surface area contributed by atoms with E-state index >= 15 is 0 Å². The molecule has 1 aliphatic heterocycles. The van der Waals surface area contributed by atoms with Gasteiger partial charge in [-0.3, -0.25) is 9.69 Å². The molecule has 1 saturated heterocycles. The fourth-order valence-corrected chi connectivity index (χ4v) is 12.0. The van der Waals surface area contributed by atoms with Gasteiger partial charge in [0.25, 0.3) is 0 Å². The number of anilines is 1. The zero-order valence-electron chi connectivity index (χ0n) is 26.2. The molecule has 11 heteroatoms. The average molecular weight is 615 g/mol. The van der Waals surface area contributed by atoms with E-state index in [4.69, 9.17) is 29.4 Å². The Bertz CT molecular complexity index is 1340. The van der Waals surface area contributed by atoms with Gasteiger partial charge in [-0.1, -0.05) is 19.1 Å². The quantitative estimate of drug-likeness (QED) is 0.290. The zero-order valence-corrected chi connectivity index (χ0v) is 26.2. The number of nitrogens with two attached hydrogens (primary N) is 1. The molecule has 0 radical (unpaired) electrons. The van der Waals surface area contributed by atoms with Gasteiger partial charge in [-0.25, -0.2) is 4.79 Å². The maximum Gasteiger partial charge on any atom is 0.340 e. The van der Waals surface area contributed by atoms with Crippen molar-refractivity contribution >= 4 is 17.6 Å². The molecule has 6 fully saturated rings. The van der Waals surface area contributed by atoms with Crippen LogP contribution in [0.25, 0.3) is 0 Å². The summed E-state index contributed by atoms with van der Waals surface area (Å²) in [5.74, 6) is -2.07. The van der Waals surface area contributed by atoms with Crippen LogP contribution in [0.15, 0.2) is 24.3 Å². The molecule has 44 heavy (non-hydrogen) atoms. The number of para-hydroxylation sites is 1. The second-order valence-corrected chi connectivity index (χ2v) is 14.2. The van der Waals surface area contributed by atoms with Crippen molar-refractivity contribution in [3.63, 3.8) is 0 Å². The molecule has 6 aliphatic rings. The first-order chi connectivity index (χ1) is 21.0. The number of ether oxygens (including phenoxy) is 5. The molecule has 5 aliphatic carbocycles. The molecule has 1 aromatic carbocycles. The predicted molar refractivity (Wildman–Crippen MR) is 157 cm³/mol. The third-order valence-electron chi connectivity index (χ3n) is 13.0. The standard InChI is InChI=1S/C33H46N2O9/c1-6-35-15-30(16-43-28(37)18-9-7-8-10-21(18)34)12-11-23(41-4)32-20-13-19-22(40-3)14-31(38,24(20)25(19)44-17(2)36)33(39,29(32)35)27(42-5)26(30)32/h7-10,19-20,22-27,29,38-39H,6,11-16,34H2,1-5H3/t19-,20-,22+,23+,24-,25+,26-,27+,29?,30+,31-,32+,33+/m1/s1. The summed E-state index contributed by atoms with van der Waals surface area (Å²) >= 11 is 0. The highest BCUT2D eigenvalue weighted by Gasteiger charge is 2.92. The van der Waals surface area contributed by atoms with Crippen molar-refractivity contribution in [1.29, 1.82) is 0 Å². The lowest BCUT2D eigenvalue weighted by Crippen LogP contribution is -2.82. The minimum atomic E-state index is -1.75. The van der Waals surface area contributed by atoms with Crippen LogP contribution in [0.1, 0.15) is 49.9 Å². The molecule has 5 saturated carbocycles. The van der Waals surface area contributed by atoms with E-state index in [0.717, 1.165) is 0 Å². The summed E-state index contributed by atoms with van der Waals surface area (Å²) in [4.78, 5) is 28.2. The number of likely N-dealkylation sites (N-methyl/N-ethyl adjacent to an activating group) is 1. The molecule has 0 amide bonds. The van der Waals surface area contributed by atoms with Crippen LogP contribution in [-0.2, 0) is 28.5 Å². The third kappa shape index (κ3) is 3.43. The molecule has 4 N–H and O–H groups in total. The molecule has 11 nitrogen and oxygen atoms in total. The van der Waals surface area contributed by atoms with Crippen molar-refractivity contribution in [3.05, 3.63) is 29.8 Å². The lowest BCUT2D eigenvalue weighted by molar-refractivity contribution is -0.319. The van der Waals surface area contributed by atoms with Crippen molar-refractivity contribution in [1.82, 2.24) is 4.90 Å². The van der Waals surface area contributed by atoms with Crippen molar-refractivity contribution in [2.75, 3.05) is 46.8 Å². The van der Waals surface area contributed by atoms with E-state index in [1.54, 1.807) is 45.6 Å². The van der Waals surface area contributed by atoms with Gasteiger partial charge in [-0.2, -0.15) is 0 Å². The average Bonchev–Trinajstić information content (AvgIpc) is 3.39. The van der Waals surface area contributed by atoms with Gasteiger partial charge in [0, 0.05) is 75.5 Å². The summed E-state index contributed by atoms with van der Waals surface area (Å²) in [7, 11) is 4.93. The number of piperidine rings is 1. The first-order valence-electron chi connectivity index (χ1n) is 16.0. The van der Waals surface area contributed by atoms with Gasteiger partial charge in [-0.05, 0) is 43.9 Å². The highest BCUT2D eigenvalue weighted by Crippen LogP contribution is 2.80. The Hall–Kier alpha value is -2.28. The van der Waals surface area contributed by atoms with Crippen molar-refractivity contribution < 1.29 is 43.5 Å². The van der Waals surface area contributed by atoms with E-state index in [-0.39, 0.29) is 36.9 Å². The summed E-state index contributed by atoms with van der Waals surface area (Å²) < 4.78 is 30.9. The maximum atomic E-state index is 13.4. The Morgan fingerprint density at radius 2 is 1.86 bits per heavy atom. The molecule has 242 valence electrons. The summed E-state index contributed by atoms with van der Waals surface area (Å²) in [6, 6.07) is 6.38. The minimum Gasteiger partial charge on any atom is -0.462 e. The fraction of sp³-hybridized carbons (Fsp3) is 0.758. The number of benzene rings is 1. The summed E-state index contributed by atoms with van der Waals surface area (Å²) in [5, 5.41) is 26.4. The van der Waals surface area contributed by atoms with Crippen molar-refractivity contribution in [2.45, 2.75) is 81.2 Å². The molecule has 1 spiro atoms. The maximum absolute atomic E-state index is 13.4. The number of methoxy groups -OCH3 is 3. The van der Waals surface area contributed by atoms with Crippen LogP contribution in [0.2, 0.25) is 0 Å². The van der Waals surface area contributed by atoms with Crippen molar-refractivity contribution in [3.8, 4) is 0 Å².